The normalized spacial score (nSPS) is 17.5. The molecular formula is C13H11F5N4. The number of hydrogen-bond acceptors (Lipinski definition) is 4. The average molecular weight is 318 g/mol. The Morgan fingerprint density at radius 1 is 1.09 bits per heavy atom. The van der Waals surface area contributed by atoms with Crippen molar-refractivity contribution in [2.45, 2.75) is 19.3 Å². The van der Waals surface area contributed by atoms with E-state index in [1.54, 1.807) is 0 Å². The number of anilines is 2. The van der Waals surface area contributed by atoms with Gasteiger partial charge in [0.2, 0.25) is 0 Å². The first-order chi connectivity index (χ1) is 10.2. The molecule has 1 aromatic carbocycles. The monoisotopic (exact) mass is 318 g/mol. The zero-order valence-corrected chi connectivity index (χ0v) is 11.4. The van der Waals surface area contributed by atoms with Gasteiger partial charge in [0.15, 0.2) is 17.5 Å². The molecule has 0 radical (unpaired) electrons. The number of benzene rings is 1. The van der Waals surface area contributed by atoms with Crippen LogP contribution in [0, 0.1) is 24.4 Å². The van der Waals surface area contributed by atoms with E-state index in [1.165, 1.54) is 6.92 Å². The van der Waals surface area contributed by atoms with Gasteiger partial charge in [0.25, 0.3) is 5.92 Å². The maximum atomic E-state index is 14.5. The second kappa shape index (κ2) is 4.65. The van der Waals surface area contributed by atoms with Crippen LogP contribution < -0.4 is 10.6 Å². The van der Waals surface area contributed by atoms with E-state index in [1.807, 2.05) is 0 Å². The highest BCUT2D eigenvalue weighted by atomic mass is 19.3. The van der Waals surface area contributed by atoms with E-state index < -0.39 is 58.7 Å². The molecule has 2 N–H and O–H groups in total. The van der Waals surface area contributed by atoms with Gasteiger partial charge in [0, 0.05) is 13.0 Å². The van der Waals surface area contributed by atoms with Crippen LogP contribution in [0.3, 0.4) is 0 Å². The first-order valence-electron chi connectivity index (χ1n) is 6.44. The number of alkyl halides is 2. The first kappa shape index (κ1) is 14.7. The van der Waals surface area contributed by atoms with Crippen molar-refractivity contribution in [3.63, 3.8) is 0 Å². The van der Waals surface area contributed by atoms with E-state index in [0.29, 0.717) is 0 Å². The lowest BCUT2D eigenvalue weighted by atomic mass is 10.1. The predicted molar refractivity (Wildman–Crippen MR) is 70.3 cm³/mol. The fraction of sp³-hybridized carbons (Fsp3) is 0.385. The molecule has 0 amide bonds. The Morgan fingerprint density at radius 2 is 1.77 bits per heavy atom. The third-order valence-corrected chi connectivity index (χ3v) is 3.57. The Hall–Kier alpha value is -2.19. The Balaban J connectivity index is 2.28. The molecule has 0 spiro atoms. The molecule has 1 fully saturated rings. The minimum atomic E-state index is -3.08. The highest BCUT2D eigenvalue weighted by Gasteiger charge is 2.41. The molecule has 118 valence electrons. The molecule has 1 aliphatic rings. The van der Waals surface area contributed by atoms with E-state index in [9.17, 15) is 22.0 Å². The second-order valence-corrected chi connectivity index (χ2v) is 5.20. The molecule has 1 aliphatic heterocycles. The molecule has 2 heterocycles. The zero-order chi connectivity index (χ0) is 16.2. The lowest BCUT2D eigenvalue weighted by Gasteiger charge is -2.21. The molecule has 0 saturated carbocycles. The Morgan fingerprint density at radius 3 is 2.36 bits per heavy atom. The van der Waals surface area contributed by atoms with Crippen molar-refractivity contribution >= 4 is 22.4 Å². The van der Waals surface area contributed by atoms with Gasteiger partial charge in [0.05, 0.1) is 11.9 Å². The molecule has 22 heavy (non-hydrogen) atoms. The number of nitrogen functional groups attached to an aromatic ring is 1. The SMILES string of the molecule is Cc1nc(N)c2c(F)c(F)c(N3CCC(F)(F)C3)c(F)c2n1. The molecule has 0 atom stereocenters. The largest absolute Gasteiger partial charge is 0.383 e. The summed E-state index contributed by atoms with van der Waals surface area (Å²) in [5, 5.41) is -0.588. The van der Waals surface area contributed by atoms with Gasteiger partial charge in [-0.3, -0.25) is 0 Å². The van der Waals surface area contributed by atoms with Gasteiger partial charge in [-0.15, -0.1) is 0 Å². The highest BCUT2D eigenvalue weighted by molar-refractivity contribution is 5.92. The Kier molecular flexibility index (Phi) is 3.12. The van der Waals surface area contributed by atoms with E-state index in [2.05, 4.69) is 9.97 Å². The number of halogens is 5. The van der Waals surface area contributed by atoms with Crippen molar-refractivity contribution in [2.75, 3.05) is 23.7 Å². The molecule has 0 bridgehead atoms. The molecule has 0 unspecified atom stereocenters. The van der Waals surface area contributed by atoms with Gasteiger partial charge >= 0.3 is 0 Å². The first-order valence-corrected chi connectivity index (χ1v) is 6.44. The summed E-state index contributed by atoms with van der Waals surface area (Å²) >= 11 is 0. The summed E-state index contributed by atoms with van der Waals surface area (Å²) in [4.78, 5) is 8.15. The summed E-state index contributed by atoms with van der Waals surface area (Å²) in [5.74, 6) is -7.65. The number of fused-ring (bicyclic) bond motifs is 1. The molecule has 4 nitrogen and oxygen atoms in total. The molecule has 1 saturated heterocycles. The quantitative estimate of drug-likeness (QED) is 0.649. The third-order valence-electron chi connectivity index (χ3n) is 3.57. The fourth-order valence-corrected chi connectivity index (χ4v) is 2.60. The number of rotatable bonds is 1. The number of aromatic nitrogens is 2. The summed E-state index contributed by atoms with van der Waals surface area (Å²) < 4.78 is 69.4. The van der Waals surface area contributed by atoms with Crippen molar-refractivity contribution in [1.29, 1.82) is 0 Å². The molecular weight excluding hydrogens is 307 g/mol. The molecule has 2 aromatic rings. The Bertz CT molecular complexity index is 777. The van der Waals surface area contributed by atoms with Gasteiger partial charge < -0.3 is 10.6 Å². The molecule has 9 heteroatoms. The maximum Gasteiger partial charge on any atom is 0.266 e. The number of aryl methyl sites for hydroxylation is 1. The van der Waals surface area contributed by atoms with Crippen LogP contribution in [-0.2, 0) is 0 Å². The highest BCUT2D eigenvalue weighted by Crippen LogP contribution is 2.38. The lowest BCUT2D eigenvalue weighted by molar-refractivity contribution is 0.0256. The van der Waals surface area contributed by atoms with E-state index in [4.69, 9.17) is 5.73 Å². The fourth-order valence-electron chi connectivity index (χ4n) is 2.60. The minimum Gasteiger partial charge on any atom is -0.383 e. The summed E-state index contributed by atoms with van der Waals surface area (Å²) in [5.41, 5.74) is 4.12. The lowest BCUT2D eigenvalue weighted by Crippen LogP contribution is -2.27. The number of hydrogen-bond donors (Lipinski definition) is 1. The van der Waals surface area contributed by atoms with E-state index in [0.717, 1.165) is 4.90 Å². The third kappa shape index (κ3) is 2.11. The van der Waals surface area contributed by atoms with Crippen LogP contribution in [0.1, 0.15) is 12.2 Å². The van der Waals surface area contributed by atoms with Crippen molar-refractivity contribution in [3.05, 3.63) is 23.3 Å². The van der Waals surface area contributed by atoms with Crippen molar-refractivity contribution in [1.82, 2.24) is 9.97 Å². The van der Waals surface area contributed by atoms with Gasteiger partial charge in [-0.25, -0.2) is 31.9 Å². The van der Waals surface area contributed by atoms with E-state index >= 15 is 0 Å². The number of nitrogens with zero attached hydrogens (tertiary/aromatic N) is 3. The molecule has 1 aromatic heterocycles. The smallest absolute Gasteiger partial charge is 0.266 e. The van der Waals surface area contributed by atoms with Crippen LogP contribution in [-0.4, -0.2) is 29.0 Å². The van der Waals surface area contributed by atoms with Gasteiger partial charge in [0.1, 0.15) is 22.8 Å². The topological polar surface area (TPSA) is 55.0 Å². The Labute approximate surface area is 121 Å². The average Bonchev–Trinajstić information content (AvgIpc) is 2.76. The minimum absolute atomic E-state index is 0.0626. The summed E-state index contributed by atoms with van der Waals surface area (Å²) in [6.07, 6.45) is -0.559. The zero-order valence-electron chi connectivity index (χ0n) is 11.4. The summed E-state index contributed by atoms with van der Waals surface area (Å²) in [6, 6.07) is 0. The van der Waals surface area contributed by atoms with Crippen LogP contribution in [0.5, 0.6) is 0 Å². The maximum absolute atomic E-state index is 14.5. The van der Waals surface area contributed by atoms with Crippen molar-refractivity contribution in [3.8, 4) is 0 Å². The van der Waals surface area contributed by atoms with E-state index in [-0.39, 0.29) is 12.4 Å². The van der Waals surface area contributed by atoms with Crippen LogP contribution in [0.15, 0.2) is 0 Å². The van der Waals surface area contributed by atoms with Crippen LogP contribution in [0.25, 0.3) is 10.9 Å². The summed E-state index contributed by atoms with van der Waals surface area (Å²) in [7, 11) is 0. The molecule has 0 aliphatic carbocycles. The van der Waals surface area contributed by atoms with Crippen molar-refractivity contribution < 1.29 is 22.0 Å². The van der Waals surface area contributed by atoms with Crippen LogP contribution in [0.4, 0.5) is 33.5 Å². The standard InChI is InChI=1S/C13H11F5N4/c1-5-20-10-6(12(19)21-5)7(14)8(15)11(9(10)16)22-3-2-13(17,18)4-22/h2-4H2,1H3,(H2,19,20,21). The van der Waals surface area contributed by atoms with Gasteiger partial charge in [-0.1, -0.05) is 0 Å². The molecule has 3 rings (SSSR count). The second-order valence-electron chi connectivity index (χ2n) is 5.20. The van der Waals surface area contributed by atoms with Crippen molar-refractivity contribution in [2.24, 2.45) is 0 Å². The number of nitrogens with two attached hydrogens (primary N) is 1. The van der Waals surface area contributed by atoms with Crippen LogP contribution >= 0.6 is 0 Å². The predicted octanol–water partition coefficient (Wildman–Crippen LogP) is 2.78. The van der Waals surface area contributed by atoms with Gasteiger partial charge in [-0.05, 0) is 6.92 Å². The summed E-state index contributed by atoms with van der Waals surface area (Å²) in [6.45, 7) is 0.233. The van der Waals surface area contributed by atoms with Gasteiger partial charge in [-0.2, -0.15) is 0 Å². The van der Waals surface area contributed by atoms with Crippen LogP contribution in [0.2, 0.25) is 0 Å².